The van der Waals surface area contributed by atoms with Crippen molar-refractivity contribution in [2.75, 3.05) is 47.1 Å². The van der Waals surface area contributed by atoms with E-state index < -0.39 is 28.2 Å². The molecule has 6 atom stereocenters. The van der Waals surface area contributed by atoms with E-state index in [1.54, 1.807) is 21.1 Å². The molecule has 3 heterocycles. The molecule has 0 spiro atoms. The van der Waals surface area contributed by atoms with Gasteiger partial charge in [-0.25, -0.2) is 9.52 Å². The summed E-state index contributed by atoms with van der Waals surface area (Å²) in [5.41, 5.74) is 1.15. The quantitative estimate of drug-likeness (QED) is 0.113. The number of fused-ring (bicyclic) bond motifs is 1. The van der Waals surface area contributed by atoms with Gasteiger partial charge in [0.05, 0.1) is 38.9 Å². The van der Waals surface area contributed by atoms with Crippen molar-refractivity contribution in [2.45, 2.75) is 63.0 Å². The lowest BCUT2D eigenvalue weighted by Gasteiger charge is -2.46. The molecular formula is C29H44N4O9S2. The molecular weight excluding hydrogens is 612 g/mol. The Morgan fingerprint density at radius 1 is 1.18 bits per heavy atom. The number of carbonyl (C=O) groups excluding carboxylic acids is 1. The number of ether oxygens (including phenoxy) is 3. The maximum Gasteiger partial charge on any atom is 0.353 e. The molecule has 2 fully saturated rings. The number of aryl methyl sites for hydroxylation is 1. The average molecular weight is 657 g/mol. The second-order valence-corrected chi connectivity index (χ2v) is 14.3. The molecule has 1 aromatic rings. The Bertz CT molecular complexity index is 1320. The van der Waals surface area contributed by atoms with Crippen molar-refractivity contribution in [2.24, 2.45) is 11.8 Å². The number of carboxylic acid groups (broad SMARTS) is 1. The van der Waals surface area contributed by atoms with Crippen molar-refractivity contribution < 1.29 is 42.4 Å². The Hall–Kier alpha value is -2.40. The molecule has 246 valence electrons. The number of thioether (sulfide) groups is 1. The van der Waals surface area contributed by atoms with Gasteiger partial charge in [-0.3, -0.25) is 4.79 Å². The van der Waals surface area contributed by atoms with Gasteiger partial charge in [0.15, 0.2) is 11.5 Å². The number of aliphatic carboxylic acids is 1. The lowest BCUT2D eigenvalue weighted by molar-refractivity contribution is -0.163. The zero-order valence-electron chi connectivity index (χ0n) is 25.6. The summed E-state index contributed by atoms with van der Waals surface area (Å²) < 4.78 is 46.1. The molecule has 2 saturated heterocycles. The first-order valence-electron chi connectivity index (χ1n) is 14.9. The first kappa shape index (κ1) is 34.5. The maximum atomic E-state index is 12.6. The molecule has 4 rings (SSSR count). The van der Waals surface area contributed by atoms with Crippen LogP contribution in [-0.2, 0) is 31.0 Å². The van der Waals surface area contributed by atoms with E-state index >= 15 is 0 Å². The maximum absolute atomic E-state index is 12.6. The zero-order valence-corrected chi connectivity index (χ0v) is 27.2. The number of benzene rings is 1. The topological polar surface area (TPSA) is 176 Å². The zero-order chi connectivity index (χ0) is 32.0. The van der Waals surface area contributed by atoms with Crippen LogP contribution >= 0.6 is 11.8 Å². The van der Waals surface area contributed by atoms with Crippen LogP contribution in [0.25, 0.3) is 0 Å². The van der Waals surface area contributed by atoms with E-state index in [9.17, 15) is 28.2 Å². The summed E-state index contributed by atoms with van der Waals surface area (Å²) in [6.45, 7) is 5.13. The van der Waals surface area contributed by atoms with E-state index in [2.05, 4.69) is 14.8 Å². The van der Waals surface area contributed by atoms with Gasteiger partial charge in [0.1, 0.15) is 5.70 Å². The fraction of sp³-hybridized carbons (Fsp3) is 0.655. The van der Waals surface area contributed by atoms with E-state index in [-0.39, 0.29) is 54.6 Å². The highest BCUT2D eigenvalue weighted by atomic mass is 32.2. The molecule has 0 radical (unpaired) electrons. The molecule has 0 saturated carbocycles. The van der Waals surface area contributed by atoms with Crippen LogP contribution in [0.2, 0.25) is 0 Å². The van der Waals surface area contributed by atoms with Gasteiger partial charge in [0, 0.05) is 48.4 Å². The van der Waals surface area contributed by atoms with Crippen molar-refractivity contribution in [1.82, 2.24) is 19.7 Å². The van der Waals surface area contributed by atoms with E-state index in [0.29, 0.717) is 36.0 Å². The fourth-order valence-electron chi connectivity index (χ4n) is 6.07. The Labute approximate surface area is 263 Å². The third-order valence-corrected chi connectivity index (χ3v) is 10.9. The van der Waals surface area contributed by atoms with Crippen LogP contribution in [0.1, 0.15) is 38.7 Å². The number of amides is 1. The number of unbranched alkanes of at least 4 members (excludes halogenated alkanes) is 1. The van der Waals surface area contributed by atoms with Crippen LogP contribution in [0.5, 0.6) is 11.5 Å². The minimum absolute atomic E-state index is 0.00266. The smallest absolute Gasteiger partial charge is 0.353 e. The fourth-order valence-corrected chi connectivity index (χ4v) is 8.46. The molecule has 6 unspecified atom stereocenters. The number of aliphatic hydroxyl groups excluding tert-OH is 1. The van der Waals surface area contributed by atoms with E-state index in [0.717, 1.165) is 24.8 Å². The molecule has 3 aliphatic heterocycles. The van der Waals surface area contributed by atoms with E-state index in [4.69, 9.17) is 14.2 Å². The van der Waals surface area contributed by atoms with Crippen LogP contribution in [0, 0.1) is 11.8 Å². The number of carboxylic acids is 1. The van der Waals surface area contributed by atoms with E-state index in [1.807, 2.05) is 25.1 Å². The Morgan fingerprint density at radius 2 is 1.93 bits per heavy atom. The summed E-state index contributed by atoms with van der Waals surface area (Å²) in [6, 6.07) is 5.37. The molecule has 1 amide bonds. The van der Waals surface area contributed by atoms with Crippen LogP contribution in [-0.4, -0.2) is 106 Å². The molecule has 44 heavy (non-hydrogen) atoms. The minimum Gasteiger partial charge on any atom is -0.493 e. The number of carbonyl (C=O) groups is 2. The van der Waals surface area contributed by atoms with Gasteiger partial charge in [-0.15, -0.1) is 11.8 Å². The van der Waals surface area contributed by atoms with Gasteiger partial charge in [0.25, 0.3) is 10.2 Å². The van der Waals surface area contributed by atoms with Crippen LogP contribution < -0.4 is 24.2 Å². The normalized spacial score (nSPS) is 25.6. The second-order valence-electron chi connectivity index (χ2n) is 11.4. The van der Waals surface area contributed by atoms with E-state index in [1.165, 1.54) is 16.7 Å². The van der Waals surface area contributed by atoms with Crippen molar-refractivity contribution in [3.8, 4) is 11.5 Å². The predicted octanol–water partition coefficient (Wildman–Crippen LogP) is 1.08. The van der Waals surface area contributed by atoms with Gasteiger partial charge in [0.2, 0.25) is 5.91 Å². The van der Waals surface area contributed by atoms with Crippen molar-refractivity contribution in [1.29, 1.82) is 0 Å². The summed E-state index contributed by atoms with van der Waals surface area (Å²) in [4.78, 5) is 26.6. The van der Waals surface area contributed by atoms with Gasteiger partial charge < -0.3 is 34.6 Å². The largest absolute Gasteiger partial charge is 0.493 e. The number of rotatable bonds is 18. The molecule has 0 bridgehead atoms. The number of hydrogen-bond donors (Lipinski definition) is 5. The number of hydrogen-bond acceptors (Lipinski definition) is 10. The van der Waals surface area contributed by atoms with Gasteiger partial charge >= 0.3 is 5.97 Å². The van der Waals surface area contributed by atoms with Gasteiger partial charge in [-0.05, 0) is 50.3 Å². The third kappa shape index (κ3) is 8.05. The van der Waals surface area contributed by atoms with Crippen LogP contribution in [0.4, 0.5) is 0 Å². The highest BCUT2D eigenvalue weighted by Crippen LogP contribution is 2.51. The van der Waals surface area contributed by atoms with Gasteiger partial charge in [-0.2, -0.15) is 13.1 Å². The molecule has 0 aliphatic carbocycles. The average Bonchev–Trinajstić information content (AvgIpc) is 3.53. The summed E-state index contributed by atoms with van der Waals surface area (Å²) in [7, 11) is -0.502. The van der Waals surface area contributed by atoms with Crippen LogP contribution in [0.3, 0.4) is 0 Å². The highest BCUT2D eigenvalue weighted by Gasteiger charge is 2.60. The first-order chi connectivity index (χ1) is 21.0. The third-order valence-electron chi connectivity index (χ3n) is 8.30. The Balaban J connectivity index is 1.12. The van der Waals surface area contributed by atoms with Gasteiger partial charge in [-0.1, -0.05) is 13.0 Å². The molecule has 13 nitrogen and oxygen atoms in total. The molecule has 3 aliphatic rings. The first-order valence-corrected chi connectivity index (χ1v) is 17.2. The lowest BCUT2D eigenvalue weighted by Crippen LogP contribution is -2.63. The molecule has 5 N–H and O–H groups in total. The number of β-lactam (4-membered cyclic amide) rings is 1. The van der Waals surface area contributed by atoms with Crippen molar-refractivity contribution in [3.63, 3.8) is 0 Å². The number of methoxy groups -OCH3 is 2. The van der Waals surface area contributed by atoms with Crippen molar-refractivity contribution >= 4 is 33.8 Å². The second kappa shape index (κ2) is 15.3. The molecule has 1 aromatic carbocycles. The summed E-state index contributed by atoms with van der Waals surface area (Å²) in [5.74, 6) is -0.921. The lowest BCUT2D eigenvalue weighted by atomic mass is 9.79. The van der Waals surface area contributed by atoms with Crippen molar-refractivity contribution in [3.05, 3.63) is 34.4 Å². The standard InChI is InChI=1S/C29H44N4O9S2/c1-17-25-24(18(2)34)28(35)33(25)26(29(36)37)27(17)43-21-14-20(30-16-21)15-32-44(38,39)31-10-12-42-11-6-5-7-19-8-9-22(40-3)23(13-19)41-4/h8-9,13,17-18,20-21,24-25,30-32,34H,5-7,10-12,14-16H2,1-4H3,(H,36,37). The number of nitrogens with one attached hydrogen (secondary N) is 3. The SMILES string of the molecule is COc1ccc(CCCCOCCNS(=O)(=O)NCC2CC(SC3=C(C(=O)O)N4C(=O)C(C(C)O)C4C3C)CN2)cc1OC. The predicted molar refractivity (Wildman–Crippen MR) is 166 cm³/mol. The monoisotopic (exact) mass is 656 g/mol. The Morgan fingerprint density at radius 3 is 2.61 bits per heavy atom. The minimum atomic E-state index is -3.71. The molecule has 15 heteroatoms. The summed E-state index contributed by atoms with van der Waals surface area (Å²) >= 11 is 1.43. The summed E-state index contributed by atoms with van der Waals surface area (Å²) in [6.07, 6.45) is 2.41. The highest BCUT2D eigenvalue weighted by molar-refractivity contribution is 8.03. The molecule has 0 aromatic heterocycles. The number of nitrogens with zero attached hydrogens (tertiary/aromatic N) is 1. The summed E-state index contributed by atoms with van der Waals surface area (Å²) in [5, 5.41) is 23.2. The Kier molecular flexibility index (Phi) is 12.0. The van der Waals surface area contributed by atoms with Crippen LogP contribution in [0.15, 0.2) is 28.8 Å². The number of aliphatic hydroxyl groups is 1.